The van der Waals surface area contributed by atoms with E-state index in [2.05, 4.69) is 5.32 Å². The van der Waals surface area contributed by atoms with Crippen LogP contribution >= 0.6 is 22.9 Å². The molecule has 2 rings (SSSR count). The summed E-state index contributed by atoms with van der Waals surface area (Å²) in [7, 11) is 1.64. The Morgan fingerprint density at radius 1 is 1.37 bits per heavy atom. The van der Waals surface area contributed by atoms with Crippen LogP contribution in [0.15, 0.2) is 41.1 Å². The van der Waals surface area contributed by atoms with Crippen LogP contribution in [0, 0.1) is 0 Å². The molecule has 1 aromatic heterocycles. The Balaban J connectivity index is 1.94. The minimum absolute atomic E-state index is 0.123. The third-order valence-electron chi connectivity index (χ3n) is 2.75. The minimum Gasteiger partial charge on any atom is -0.375 e. The van der Waals surface area contributed by atoms with Crippen molar-refractivity contribution < 1.29 is 9.53 Å². The normalized spacial score (nSPS) is 12.1. The van der Waals surface area contributed by atoms with Gasteiger partial charge in [-0.05, 0) is 46.7 Å². The lowest BCUT2D eigenvalue weighted by molar-refractivity contribution is 0.0829. The number of methoxy groups -OCH3 is 1. The van der Waals surface area contributed by atoms with Gasteiger partial charge in [0.1, 0.15) is 6.10 Å². The van der Waals surface area contributed by atoms with E-state index in [4.69, 9.17) is 16.3 Å². The number of carbonyl (C=O) groups is 1. The van der Waals surface area contributed by atoms with Gasteiger partial charge in [0.15, 0.2) is 0 Å². The zero-order valence-corrected chi connectivity index (χ0v) is 12.0. The third kappa shape index (κ3) is 3.80. The topological polar surface area (TPSA) is 38.3 Å². The zero-order valence-electron chi connectivity index (χ0n) is 10.4. The van der Waals surface area contributed by atoms with Crippen molar-refractivity contribution in [2.24, 2.45) is 0 Å². The van der Waals surface area contributed by atoms with E-state index in [1.807, 2.05) is 16.8 Å². The van der Waals surface area contributed by atoms with Gasteiger partial charge in [0.2, 0.25) is 0 Å². The fraction of sp³-hybridized carbons (Fsp3) is 0.214. The molecule has 100 valence electrons. The number of nitrogens with one attached hydrogen (secondary N) is 1. The van der Waals surface area contributed by atoms with Crippen LogP contribution in [0.1, 0.15) is 22.0 Å². The van der Waals surface area contributed by atoms with E-state index in [1.54, 1.807) is 42.7 Å². The maximum atomic E-state index is 11.9. The number of carbonyl (C=O) groups excluding carboxylic acids is 1. The maximum Gasteiger partial charge on any atom is 0.251 e. The number of amides is 1. The zero-order chi connectivity index (χ0) is 13.7. The molecule has 19 heavy (non-hydrogen) atoms. The highest BCUT2D eigenvalue weighted by Gasteiger charge is 2.13. The molecule has 1 heterocycles. The Labute approximate surface area is 121 Å². The maximum absolute atomic E-state index is 11.9. The van der Waals surface area contributed by atoms with Gasteiger partial charge in [0.05, 0.1) is 0 Å². The van der Waals surface area contributed by atoms with E-state index < -0.39 is 0 Å². The molecule has 0 unspecified atom stereocenters. The largest absolute Gasteiger partial charge is 0.375 e. The van der Waals surface area contributed by atoms with Gasteiger partial charge in [0, 0.05) is 24.2 Å². The lowest BCUT2D eigenvalue weighted by Crippen LogP contribution is -2.28. The summed E-state index contributed by atoms with van der Waals surface area (Å²) in [4.78, 5) is 11.9. The van der Waals surface area contributed by atoms with Crippen molar-refractivity contribution in [3.63, 3.8) is 0 Å². The molecule has 0 fully saturated rings. The SMILES string of the molecule is CO[C@@H](CNC(=O)c1ccc(Cl)cc1)c1ccsc1. The van der Waals surface area contributed by atoms with E-state index in [-0.39, 0.29) is 12.0 Å². The van der Waals surface area contributed by atoms with Gasteiger partial charge in [-0.15, -0.1) is 0 Å². The first-order valence-electron chi connectivity index (χ1n) is 5.79. The van der Waals surface area contributed by atoms with Gasteiger partial charge in [0.25, 0.3) is 5.91 Å². The molecule has 0 spiro atoms. The van der Waals surface area contributed by atoms with Crippen LogP contribution in [-0.4, -0.2) is 19.6 Å². The number of hydrogen-bond donors (Lipinski definition) is 1. The second-order valence-electron chi connectivity index (χ2n) is 4.00. The van der Waals surface area contributed by atoms with Crippen LogP contribution in [0.3, 0.4) is 0 Å². The minimum atomic E-state index is -0.131. The van der Waals surface area contributed by atoms with Gasteiger partial charge in [-0.3, -0.25) is 4.79 Å². The summed E-state index contributed by atoms with van der Waals surface area (Å²) in [5.41, 5.74) is 1.66. The summed E-state index contributed by atoms with van der Waals surface area (Å²) in [6, 6.07) is 8.79. The Kier molecular flexibility index (Phi) is 4.96. The van der Waals surface area contributed by atoms with Crippen molar-refractivity contribution in [2.75, 3.05) is 13.7 Å². The molecule has 1 aromatic carbocycles. The fourth-order valence-electron chi connectivity index (χ4n) is 1.68. The molecular weight excluding hydrogens is 282 g/mol. The van der Waals surface area contributed by atoms with Crippen LogP contribution in [-0.2, 0) is 4.74 Å². The van der Waals surface area contributed by atoms with Gasteiger partial charge >= 0.3 is 0 Å². The summed E-state index contributed by atoms with van der Waals surface area (Å²) < 4.78 is 5.37. The monoisotopic (exact) mass is 295 g/mol. The molecular formula is C14H14ClNO2S. The summed E-state index contributed by atoms with van der Waals surface area (Å²) in [5.74, 6) is -0.131. The Hall–Kier alpha value is -1.36. The molecule has 0 saturated heterocycles. The number of ether oxygens (including phenoxy) is 1. The lowest BCUT2D eigenvalue weighted by Gasteiger charge is -2.15. The average molecular weight is 296 g/mol. The molecule has 0 aliphatic heterocycles. The van der Waals surface area contributed by atoms with Crippen molar-refractivity contribution in [1.82, 2.24) is 5.32 Å². The Morgan fingerprint density at radius 2 is 2.11 bits per heavy atom. The second kappa shape index (κ2) is 6.70. The van der Waals surface area contributed by atoms with E-state index in [0.29, 0.717) is 17.1 Å². The molecule has 0 radical (unpaired) electrons. The highest BCUT2D eigenvalue weighted by atomic mass is 35.5. The Bertz CT molecular complexity index is 525. The molecule has 2 aromatic rings. The first-order chi connectivity index (χ1) is 9.20. The first kappa shape index (κ1) is 14.1. The van der Waals surface area contributed by atoms with Crippen LogP contribution in [0.25, 0.3) is 0 Å². The summed E-state index contributed by atoms with van der Waals surface area (Å²) in [6.45, 7) is 0.439. The van der Waals surface area contributed by atoms with Crippen LogP contribution in [0.5, 0.6) is 0 Å². The fourth-order valence-corrected chi connectivity index (χ4v) is 2.51. The summed E-state index contributed by atoms with van der Waals surface area (Å²) in [6.07, 6.45) is -0.123. The number of halogens is 1. The van der Waals surface area contributed by atoms with Crippen molar-refractivity contribution in [2.45, 2.75) is 6.10 Å². The van der Waals surface area contributed by atoms with Gasteiger partial charge in [-0.2, -0.15) is 11.3 Å². The molecule has 1 N–H and O–H groups in total. The van der Waals surface area contributed by atoms with Crippen LogP contribution in [0.2, 0.25) is 5.02 Å². The van der Waals surface area contributed by atoms with Crippen molar-refractivity contribution in [3.8, 4) is 0 Å². The molecule has 3 nitrogen and oxygen atoms in total. The molecule has 0 aliphatic carbocycles. The Morgan fingerprint density at radius 3 is 2.68 bits per heavy atom. The number of hydrogen-bond acceptors (Lipinski definition) is 3. The molecule has 1 amide bonds. The second-order valence-corrected chi connectivity index (χ2v) is 5.21. The highest BCUT2D eigenvalue weighted by molar-refractivity contribution is 7.07. The lowest BCUT2D eigenvalue weighted by atomic mass is 10.2. The third-order valence-corrected chi connectivity index (χ3v) is 3.71. The quantitative estimate of drug-likeness (QED) is 0.916. The summed E-state index contributed by atoms with van der Waals surface area (Å²) >= 11 is 7.39. The number of thiophene rings is 1. The number of benzene rings is 1. The average Bonchev–Trinajstić information content (AvgIpc) is 2.94. The van der Waals surface area contributed by atoms with Crippen LogP contribution in [0.4, 0.5) is 0 Å². The molecule has 5 heteroatoms. The van der Waals surface area contributed by atoms with Gasteiger partial charge < -0.3 is 10.1 Å². The van der Waals surface area contributed by atoms with Crippen molar-refractivity contribution in [1.29, 1.82) is 0 Å². The molecule has 0 aliphatic rings. The predicted molar refractivity (Wildman–Crippen MR) is 77.9 cm³/mol. The van der Waals surface area contributed by atoms with Crippen LogP contribution < -0.4 is 5.32 Å². The number of rotatable bonds is 5. The molecule has 0 bridgehead atoms. The van der Waals surface area contributed by atoms with Crippen molar-refractivity contribution in [3.05, 3.63) is 57.2 Å². The van der Waals surface area contributed by atoms with Gasteiger partial charge in [-0.1, -0.05) is 11.6 Å². The van der Waals surface area contributed by atoms with E-state index in [9.17, 15) is 4.79 Å². The first-order valence-corrected chi connectivity index (χ1v) is 7.11. The molecule has 0 saturated carbocycles. The van der Waals surface area contributed by atoms with E-state index in [1.165, 1.54) is 0 Å². The van der Waals surface area contributed by atoms with Gasteiger partial charge in [-0.25, -0.2) is 0 Å². The predicted octanol–water partition coefficient (Wildman–Crippen LogP) is 3.52. The van der Waals surface area contributed by atoms with Crippen molar-refractivity contribution >= 4 is 28.8 Å². The standard InChI is InChI=1S/C14H14ClNO2S/c1-18-13(11-6-7-19-9-11)8-16-14(17)10-2-4-12(15)5-3-10/h2-7,9,13H,8H2,1H3,(H,16,17)/t13-/m0/s1. The van der Waals surface area contributed by atoms with E-state index in [0.717, 1.165) is 5.56 Å². The van der Waals surface area contributed by atoms with E-state index >= 15 is 0 Å². The summed E-state index contributed by atoms with van der Waals surface area (Å²) in [5, 5.41) is 7.48. The highest BCUT2D eigenvalue weighted by Crippen LogP contribution is 2.18. The molecule has 1 atom stereocenters. The smallest absolute Gasteiger partial charge is 0.251 e.